The molecule has 0 saturated carbocycles. The van der Waals surface area contributed by atoms with Gasteiger partial charge in [-0.3, -0.25) is 4.68 Å². The Labute approximate surface area is 137 Å². The lowest BCUT2D eigenvalue weighted by atomic mass is 10.0. The van der Waals surface area contributed by atoms with Gasteiger partial charge in [0.05, 0.1) is 20.2 Å². The molecule has 0 aliphatic carbocycles. The van der Waals surface area contributed by atoms with Crippen LogP contribution in [-0.4, -0.2) is 16.3 Å². The molecule has 2 heterocycles. The molecule has 20 heavy (non-hydrogen) atoms. The molecular formula is C14H19BrClN3S. The number of hydrogen-bond donors (Lipinski definition) is 1. The van der Waals surface area contributed by atoms with Gasteiger partial charge in [-0.25, -0.2) is 0 Å². The van der Waals surface area contributed by atoms with E-state index in [1.807, 2.05) is 11.7 Å². The molecule has 0 fully saturated rings. The van der Waals surface area contributed by atoms with Crippen LogP contribution in [0.25, 0.3) is 0 Å². The molecule has 2 aromatic rings. The highest BCUT2D eigenvalue weighted by Crippen LogP contribution is 2.30. The Hall–Kier alpha value is -0.360. The zero-order valence-corrected chi connectivity index (χ0v) is 15.1. The van der Waals surface area contributed by atoms with Gasteiger partial charge < -0.3 is 5.32 Å². The lowest BCUT2D eigenvalue weighted by Crippen LogP contribution is -2.23. The molecular weight excluding hydrogens is 358 g/mol. The van der Waals surface area contributed by atoms with E-state index < -0.39 is 0 Å². The van der Waals surface area contributed by atoms with Crippen molar-refractivity contribution in [3.05, 3.63) is 37.2 Å². The van der Waals surface area contributed by atoms with E-state index in [0.717, 1.165) is 39.6 Å². The third kappa shape index (κ3) is 3.45. The van der Waals surface area contributed by atoms with Gasteiger partial charge in [0.15, 0.2) is 0 Å². The van der Waals surface area contributed by atoms with E-state index in [9.17, 15) is 0 Å². The summed E-state index contributed by atoms with van der Waals surface area (Å²) >= 11 is 11.7. The first-order valence-corrected chi connectivity index (χ1v) is 8.79. The summed E-state index contributed by atoms with van der Waals surface area (Å²) in [5, 5.41) is 11.0. The molecule has 0 aliphatic rings. The van der Waals surface area contributed by atoms with E-state index in [1.54, 1.807) is 11.3 Å². The van der Waals surface area contributed by atoms with Crippen LogP contribution in [0.1, 0.15) is 36.8 Å². The summed E-state index contributed by atoms with van der Waals surface area (Å²) in [4.78, 5) is 0. The van der Waals surface area contributed by atoms with Gasteiger partial charge in [0, 0.05) is 19.5 Å². The van der Waals surface area contributed by atoms with Crippen molar-refractivity contribution in [2.75, 3.05) is 6.54 Å². The van der Waals surface area contributed by atoms with Crippen LogP contribution in [0.3, 0.4) is 0 Å². The molecule has 0 radical (unpaired) electrons. The third-order valence-electron chi connectivity index (χ3n) is 3.34. The van der Waals surface area contributed by atoms with E-state index in [4.69, 9.17) is 11.6 Å². The predicted molar refractivity (Wildman–Crippen MR) is 89.7 cm³/mol. The normalized spacial score (nSPS) is 12.8. The average Bonchev–Trinajstić information content (AvgIpc) is 2.96. The van der Waals surface area contributed by atoms with Crippen molar-refractivity contribution in [3.63, 3.8) is 0 Å². The van der Waals surface area contributed by atoms with Crippen LogP contribution in [-0.2, 0) is 19.9 Å². The maximum atomic E-state index is 6.45. The minimum atomic E-state index is 0.264. The van der Waals surface area contributed by atoms with Gasteiger partial charge in [0.2, 0.25) is 0 Å². The number of nitrogens with zero attached hydrogens (tertiary/aromatic N) is 2. The first-order chi connectivity index (χ1) is 9.56. The van der Waals surface area contributed by atoms with Crippen molar-refractivity contribution in [1.29, 1.82) is 0 Å². The maximum Gasteiger partial charge on any atom is 0.0850 e. The highest BCUT2D eigenvalue weighted by molar-refractivity contribution is 9.11. The van der Waals surface area contributed by atoms with Gasteiger partial charge in [-0.05, 0) is 45.9 Å². The molecule has 1 atom stereocenters. The monoisotopic (exact) mass is 375 g/mol. The number of aryl methyl sites for hydroxylation is 2. The fourth-order valence-electron chi connectivity index (χ4n) is 2.30. The molecule has 1 N–H and O–H groups in total. The number of hydrogen-bond acceptors (Lipinski definition) is 3. The molecule has 0 bridgehead atoms. The summed E-state index contributed by atoms with van der Waals surface area (Å²) in [6.45, 7) is 5.13. The zero-order valence-electron chi connectivity index (χ0n) is 11.9. The molecule has 0 saturated heterocycles. The van der Waals surface area contributed by atoms with E-state index >= 15 is 0 Å². The highest BCUT2D eigenvalue weighted by Gasteiger charge is 2.19. The van der Waals surface area contributed by atoms with Crippen molar-refractivity contribution >= 4 is 38.9 Å². The Morgan fingerprint density at radius 2 is 2.25 bits per heavy atom. The highest BCUT2D eigenvalue weighted by atomic mass is 79.9. The molecule has 0 aromatic carbocycles. The SMILES string of the molecule is CCNC(Cc1c(Cl)c(CC)nn1C)c1csc(Br)c1. The summed E-state index contributed by atoms with van der Waals surface area (Å²) in [7, 11) is 1.97. The van der Waals surface area contributed by atoms with Crippen LogP contribution < -0.4 is 5.32 Å². The van der Waals surface area contributed by atoms with E-state index in [2.05, 4.69) is 51.6 Å². The fraction of sp³-hybridized carbons (Fsp3) is 0.500. The first-order valence-electron chi connectivity index (χ1n) is 6.74. The zero-order chi connectivity index (χ0) is 14.7. The Bertz CT molecular complexity index is 579. The van der Waals surface area contributed by atoms with Crippen molar-refractivity contribution in [2.45, 2.75) is 32.7 Å². The number of halogens is 2. The molecule has 1 unspecified atom stereocenters. The van der Waals surface area contributed by atoms with Crippen LogP contribution in [0.5, 0.6) is 0 Å². The summed E-state index contributed by atoms with van der Waals surface area (Å²) < 4.78 is 3.06. The number of nitrogens with one attached hydrogen (secondary N) is 1. The topological polar surface area (TPSA) is 29.9 Å². The number of aromatic nitrogens is 2. The number of rotatable bonds is 6. The van der Waals surface area contributed by atoms with Gasteiger partial charge in [0.25, 0.3) is 0 Å². The van der Waals surface area contributed by atoms with Crippen LogP contribution >= 0.6 is 38.9 Å². The summed E-state index contributed by atoms with van der Waals surface area (Å²) in [6.07, 6.45) is 1.71. The third-order valence-corrected chi connectivity index (χ3v) is 5.30. The minimum absolute atomic E-state index is 0.264. The van der Waals surface area contributed by atoms with Crippen molar-refractivity contribution in [1.82, 2.24) is 15.1 Å². The Morgan fingerprint density at radius 3 is 2.75 bits per heavy atom. The second-order valence-electron chi connectivity index (χ2n) is 4.68. The lowest BCUT2D eigenvalue weighted by Gasteiger charge is -2.17. The van der Waals surface area contributed by atoms with E-state index in [1.165, 1.54) is 5.56 Å². The van der Waals surface area contributed by atoms with Gasteiger partial charge in [0.1, 0.15) is 0 Å². The molecule has 0 aliphatic heterocycles. The standard InChI is InChI=1S/C14H19BrClN3S/c1-4-10-14(16)12(19(3)18-10)7-11(17-5-2)9-6-13(15)20-8-9/h6,8,11,17H,4-5,7H2,1-3H3. The van der Waals surface area contributed by atoms with Gasteiger partial charge >= 0.3 is 0 Å². The van der Waals surface area contributed by atoms with Gasteiger partial charge in [-0.1, -0.05) is 25.4 Å². The second-order valence-corrected chi connectivity index (χ2v) is 7.35. The van der Waals surface area contributed by atoms with Crippen LogP contribution in [0.2, 0.25) is 5.02 Å². The van der Waals surface area contributed by atoms with Crippen LogP contribution in [0.15, 0.2) is 15.2 Å². The number of thiophene rings is 1. The molecule has 6 heteroatoms. The quantitative estimate of drug-likeness (QED) is 0.812. The molecule has 0 amide bonds. The molecule has 3 nitrogen and oxygen atoms in total. The predicted octanol–water partition coefficient (Wildman–Crippen LogP) is 4.35. The molecule has 0 spiro atoms. The minimum Gasteiger partial charge on any atom is -0.310 e. The van der Waals surface area contributed by atoms with Crippen molar-refractivity contribution in [2.24, 2.45) is 7.05 Å². The van der Waals surface area contributed by atoms with E-state index in [-0.39, 0.29) is 6.04 Å². The summed E-state index contributed by atoms with van der Waals surface area (Å²) in [6, 6.07) is 2.43. The molecule has 110 valence electrons. The summed E-state index contributed by atoms with van der Waals surface area (Å²) in [5.41, 5.74) is 3.36. The van der Waals surface area contributed by atoms with Gasteiger partial charge in [-0.15, -0.1) is 11.3 Å². The maximum absolute atomic E-state index is 6.45. The molecule has 2 rings (SSSR count). The van der Waals surface area contributed by atoms with Crippen LogP contribution in [0.4, 0.5) is 0 Å². The average molecular weight is 377 g/mol. The molecule has 2 aromatic heterocycles. The smallest absolute Gasteiger partial charge is 0.0850 e. The number of likely N-dealkylation sites (N-methyl/N-ethyl adjacent to an activating group) is 1. The summed E-state index contributed by atoms with van der Waals surface area (Å²) in [5.74, 6) is 0. The second kappa shape index (κ2) is 7.07. The van der Waals surface area contributed by atoms with Crippen molar-refractivity contribution < 1.29 is 0 Å². The van der Waals surface area contributed by atoms with Gasteiger partial charge in [-0.2, -0.15) is 5.10 Å². The Balaban J connectivity index is 2.26. The van der Waals surface area contributed by atoms with E-state index in [0.29, 0.717) is 0 Å². The lowest BCUT2D eigenvalue weighted by molar-refractivity contribution is 0.530. The van der Waals surface area contributed by atoms with Crippen molar-refractivity contribution in [3.8, 4) is 0 Å². The fourth-order valence-corrected chi connectivity index (χ4v) is 3.90. The first kappa shape index (κ1) is 16.0. The van der Waals surface area contributed by atoms with Crippen LogP contribution in [0, 0.1) is 0 Å². The Morgan fingerprint density at radius 1 is 1.50 bits per heavy atom. The Kier molecular flexibility index (Phi) is 5.66. The largest absolute Gasteiger partial charge is 0.310 e.